The number of thioether (sulfide) groups is 1. The number of hydrogen-bond donors (Lipinski definition) is 1. The topological polar surface area (TPSA) is 24.9 Å². The Morgan fingerprint density at radius 2 is 2.19 bits per heavy atom. The van der Waals surface area contributed by atoms with Gasteiger partial charge in [0.1, 0.15) is 0 Å². The molecule has 0 amide bonds. The van der Waals surface area contributed by atoms with Crippen molar-refractivity contribution in [2.24, 2.45) is 0 Å². The van der Waals surface area contributed by atoms with E-state index in [1.807, 2.05) is 12.3 Å². The lowest BCUT2D eigenvalue weighted by Gasteiger charge is -2.31. The predicted molar refractivity (Wildman–Crippen MR) is 92.9 cm³/mol. The van der Waals surface area contributed by atoms with Crippen LogP contribution in [0.1, 0.15) is 44.2 Å². The Hall–Kier alpha value is -1.06. The molecular formula is C18H24N2S. The zero-order valence-electron chi connectivity index (χ0n) is 12.7. The molecule has 0 bridgehead atoms. The van der Waals surface area contributed by atoms with Crippen molar-refractivity contribution in [3.8, 4) is 0 Å². The molecule has 3 rings (SSSR count). The average molecular weight is 300 g/mol. The third-order valence-corrected chi connectivity index (χ3v) is 5.66. The molecule has 1 N–H and O–H groups in total. The molecule has 0 aliphatic carbocycles. The van der Waals surface area contributed by atoms with Gasteiger partial charge in [-0.2, -0.15) is 11.8 Å². The number of nitrogens with zero attached hydrogens (tertiary/aromatic N) is 1. The molecule has 2 nitrogen and oxygen atoms in total. The second kappa shape index (κ2) is 7.28. The van der Waals surface area contributed by atoms with Gasteiger partial charge in [0.15, 0.2) is 0 Å². The highest BCUT2D eigenvalue weighted by molar-refractivity contribution is 8.00. The fourth-order valence-corrected chi connectivity index (χ4v) is 4.59. The van der Waals surface area contributed by atoms with Gasteiger partial charge in [-0.3, -0.25) is 4.98 Å². The van der Waals surface area contributed by atoms with E-state index in [0.717, 1.165) is 6.54 Å². The van der Waals surface area contributed by atoms with Gasteiger partial charge in [-0.25, -0.2) is 0 Å². The van der Waals surface area contributed by atoms with Crippen LogP contribution >= 0.6 is 11.8 Å². The lowest BCUT2D eigenvalue weighted by molar-refractivity contribution is 0.481. The first-order chi connectivity index (χ1) is 10.4. The lowest BCUT2D eigenvalue weighted by atomic mass is 9.96. The molecule has 1 fully saturated rings. The van der Waals surface area contributed by atoms with Crippen molar-refractivity contribution in [3.05, 3.63) is 42.1 Å². The summed E-state index contributed by atoms with van der Waals surface area (Å²) in [7, 11) is 0. The molecule has 2 unspecified atom stereocenters. The van der Waals surface area contributed by atoms with Gasteiger partial charge >= 0.3 is 0 Å². The SMILES string of the molecule is CCCNC(c1cccc2cccnc12)C1CCCCS1. The quantitative estimate of drug-likeness (QED) is 0.876. The summed E-state index contributed by atoms with van der Waals surface area (Å²) in [4.78, 5) is 4.66. The van der Waals surface area contributed by atoms with Gasteiger partial charge in [0.25, 0.3) is 0 Å². The summed E-state index contributed by atoms with van der Waals surface area (Å²) in [5, 5.41) is 5.71. The Bertz CT molecular complexity index is 573. The normalized spacial score (nSPS) is 20.5. The summed E-state index contributed by atoms with van der Waals surface area (Å²) in [5.41, 5.74) is 2.54. The molecule has 21 heavy (non-hydrogen) atoms. The van der Waals surface area contributed by atoms with E-state index in [1.54, 1.807) is 0 Å². The summed E-state index contributed by atoms with van der Waals surface area (Å²) in [6.07, 6.45) is 7.13. The van der Waals surface area contributed by atoms with Crippen molar-refractivity contribution in [1.82, 2.24) is 10.3 Å². The molecule has 2 atom stereocenters. The van der Waals surface area contributed by atoms with Crippen LogP contribution in [0.4, 0.5) is 0 Å². The van der Waals surface area contributed by atoms with Crippen molar-refractivity contribution >= 4 is 22.7 Å². The van der Waals surface area contributed by atoms with Crippen LogP contribution in [0.15, 0.2) is 36.5 Å². The van der Waals surface area contributed by atoms with Gasteiger partial charge in [-0.1, -0.05) is 37.6 Å². The fraction of sp³-hybridized carbons (Fsp3) is 0.500. The van der Waals surface area contributed by atoms with Crippen LogP contribution in [0.3, 0.4) is 0 Å². The first kappa shape index (κ1) is 14.9. The van der Waals surface area contributed by atoms with Crippen LogP contribution < -0.4 is 5.32 Å². The standard InChI is InChI=1S/C18H24N2S/c1-2-11-19-18(16-10-3-4-13-21-16)15-9-5-7-14-8-6-12-20-17(14)15/h5-9,12,16,18-19H,2-4,10-11,13H2,1H3. The molecule has 3 heteroatoms. The van der Waals surface area contributed by atoms with Crippen molar-refractivity contribution < 1.29 is 0 Å². The molecule has 1 aromatic carbocycles. The lowest BCUT2D eigenvalue weighted by Crippen LogP contribution is -2.32. The fourth-order valence-electron chi connectivity index (χ4n) is 3.15. The molecule has 0 saturated carbocycles. The van der Waals surface area contributed by atoms with E-state index < -0.39 is 0 Å². The Balaban J connectivity index is 1.96. The molecule has 1 aliphatic heterocycles. The summed E-state index contributed by atoms with van der Waals surface area (Å²) in [6, 6.07) is 11.2. The smallest absolute Gasteiger partial charge is 0.0750 e. The predicted octanol–water partition coefficient (Wildman–Crippen LogP) is 4.56. The second-order valence-electron chi connectivity index (χ2n) is 5.76. The molecule has 2 heterocycles. The zero-order valence-corrected chi connectivity index (χ0v) is 13.5. The number of fused-ring (bicyclic) bond motifs is 1. The van der Waals surface area contributed by atoms with E-state index in [1.165, 1.54) is 47.9 Å². The van der Waals surface area contributed by atoms with Crippen molar-refractivity contribution in [2.45, 2.75) is 43.9 Å². The summed E-state index contributed by atoms with van der Waals surface area (Å²) < 4.78 is 0. The Labute approximate surface area is 131 Å². The van der Waals surface area contributed by atoms with E-state index in [0.29, 0.717) is 11.3 Å². The number of hydrogen-bond acceptors (Lipinski definition) is 3. The molecule has 0 spiro atoms. The Morgan fingerprint density at radius 1 is 1.29 bits per heavy atom. The van der Waals surface area contributed by atoms with Crippen molar-refractivity contribution in [1.29, 1.82) is 0 Å². The average Bonchev–Trinajstić information content (AvgIpc) is 2.56. The summed E-state index contributed by atoms with van der Waals surface area (Å²) >= 11 is 2.13. The van der Waals surface area contributed by atoms with Crippen molar-refractivity contribution in [2.75, 3.05) is 12.3 Å². The van der Waals surface area contributed by atoms with Gasteiger partial charge in [-0.05, 0) is 43.2 Å². The van der Waals surface area contributed by atoms with Gasteiger partial charge < -0.3 is 5.32 Å². The van der Waals surface area contributed by atoms with E-state index in [-0.39, 0.29) is 0 Å². The number of nitrogens with one attached hydrogen (secondary N) is 1. The molecular weight excluding hydrogens is 276 g/mol. The highest BCUT2D eigenvalue weighted by Gasteiger charge is 2.26. The largest absolute Gasteiger partial charge is 0.309 e. The first-order valence-corrected chi connectivity index (χ1v) is 9.13. The highest BCUT2D eigenvalue weighted by Crippen LogP contribution is 2.36. The summed E-state index contributed by atoms with van der Waals surface area (Å²) in [5.74, 6) is 1.30. The number of benzene rings is 1. The highest BCUT2D eigenvalue weighted by atomic mass is 32.2. The number of pyridine rings is 1. The number of rotatable bonds is 5. The number of aromatic nitrogens is 1. The summed E-state index contributed by atoms with van der Waals surface area (Å²) in [6.45, 7) is 3.31. The minimum atomic E-state index is 0.425. The molecule has 2 aromatic rings. The molecule has 112 valence electrons. The maximum atomic E-state index is 4.66. The van der Waals surface area contributed by atoms with Crippen LogP contribution in [0.25, 0.3) is 10.9 Å². The molecule has 1 aromatic heterocycles. The molecule has 0 radical (unpaired) electrons. The maximum Gasteiger partial charge on any atom is 0.0750 e. The van der Waals surface area contributed by atoms with Gasteiger partial charge in [0.05, 0.1) is 5.52 Å². The van der Waals surface area contributed by atoms with E-state index in [9.17, 15) is 0 Å². The second-order valence-corrected chi connectivity index (χ2v) is 7.11. The van der Waals surface area contributed by atoms with Crippen LogP contribution in [0.5, 0.6) is 0 Å². The minimum Gasteiger partial charge on any atom is -0.309 e. The third kappa shape index (κ3) is 3.41. The monoisotopic (exact) mass is 300 g/mol. The van der Waals surface area contributed by atoms with Crippen LogP contribution in [0.2, 0.25) is 0 Å². The van der Waals surface area contributed by atoms with E-state index >= 15 is 0 Å². The Kier molecular flexibility index (Phi) is 5.15. The van der Waals surface area contributed by atoms with Crippen molar-refractivity contribution in [3.63, 3.8) is 0 Å². The molecule has 1 saturated heterocycles. The van der Waals surface area contributed by atoms with Gasteiger partial charge in [0.2, 0.25) is 0 Å². The maximum absolute atomic E-state index is 4.66. The van der Waals surface area contributed by atoms with Crippen LogP contribution in [0, 0.1) is 0 Å². The minimum absolute atomic E-state index is 0.425. The van der Waals surface area contributed by atoms with Gasteiger partial charge in [-0.15, -0.1) is 0 Å². The van der Waals surface area contributed by atoms with E-state index in [4.69, 9.17) is 0 Å². The Morgan fingerprint density at radius 3 is 3.00 bits per heavy atom. The first-order valence-electron chi connectivity index (χ1n) is 8.09. The number of para-hydroxylation sites is 1. The molecule has 1 aliphatic rings. The van der Waals surface area contributed by atoms with Crippen LogP contribution in [-0.4, -0.2) is 22.5 Å². The third-order valence-electron chi connectivity index (χ3n) is 4.20. The van der Waals surface area contributed by atoms with Crippen LogP contribution in [-0.2, 0) is 0 Å². The zero-order chi connectivity index (χ0) is 14.5. The van der Waals surface area contributed by atoms with E-state index in [2.05, 4.69) is 53.3 Å². The van der Waals surface area contributed by atoms with Gasteiger partial charge in [0, 0.05) is 22.9 Å².